The number of rotatable bonds is 5. The standard InChI is InChI=1S/C21H27N5O2/c1-14(2)26-19(22-13-23-26)16-5-3-6-17(11-16)20(27)24-18-7-4-10-25(12-18)21(28)15-8-9-15/h3,5-6,11,13-15,18H,4,7-10,12H2,1-2H3,(H,24,27)/t18-/m1/s1. The number of aromatic nitrogens is 3. The van der Waals surface area contributed by atoms with Crippen LogP contribution in [0.3, 0.4) is 0 Å². The third-order valence-corrected chi connectivity index (χ3v) is 5.44. The Hall–Kier alpha value is -2.70. The first kappa shape index (κ1) is 18.7. The van der Waals surface area contributed by atoms with Crippen LogP contribution in [0, 0.1) is 5.92 Å². The van der Waals surface area contributed by atoms with E-state index in [9.17, 15) is 9.59 Å². The van der Waals surface area contributed by atoms with Crippen molar-refractivity contribution < 1.29 is 9.59 Å². The van der Waals surface area contributed by atoms with Crippen LogP contribution in [-0.4, -0.2) is 50.6 Å². The molecule has 0 bridgehead atoms. The zero-order chi connectivity index (χ0) is 19.7. The minimum absolute atomic E-state index is 0.00641. The summed E-state index contributed by atoms with van der Waals surface area (Å²) in [6, 6.07) is 7.67. The van der Waals surface area contributed by atoms with E-state index in [4.69, 9.17) is 0 Å². The molecule has 1 saturated heterocycles. The molecular weight excluding hydrogens is 354 g/mol. The molecule has 1 aromatic carbocycles. The first-order valence-corrected chi connectivity index (χ1v) is 10.1. The monoisotopic (exact) mass is 381 g/mol. The Morgan fingerprint density at radius 2 is 2.04 bits per heavy atom. The van der Waals surface area contributed by atoms with Crippen LogP contribution in [0.2, 0.25) is 0 Å². The van der Waals surface area contributed by atoms with Gasteiger partial charge in [-0.05, 0) is 51.7 Å². The Morgan fingerprint density at radius 1 is 1.21 bits per heavy atom. The summed E-state index contributed by atoms with van der Waals surface area (Å²) in [5.74, 6) is 1.13. The molecule has 2 heterocycles. The normalized spacial score (nSPS) is 19.7. The second-order valence-electron chi connectivity index (χ2n) is 8.07. The van der Waals surface area contributed by atoms with Crippen molar-refractivity contribution in [2.45, 2.75) is 51.6 Å². The minimum Gasteiger partial charge on any atom is -0.348 e. The maximum atomic E-state index is 12.8. The van der Waals surface area contributed by atoms with Crippen molar-refractivity contribution in [3.63, 3.8) is 0 Å². The summed E-state index contributed by atoms with van der Waals surface area (Å²) in [6.45, 7) is 5.52. The molecule has 2 aliphatic rings. The van der Waals surface area contributed by atoms with Gasteiger partial charge in [-0.2, -0.15) is 5.10 Å². The Labute approximate surface area is 165 Å². The fraction of sp³-hybridized carbons (Fsp3) is 0.524. The summed E-state index contributed by atoms with van der Waals surface area (Å²) in [6.07, 6.45) is 5.40. The predicted octanol–water partition coefficient (Wildman–Crippen LogP) is 2.66. The van der Waals surface area contributed by atoms with Crippen LogP contribution in [0.4, 0.5) is 0 Å². The number of carbonyl (C=O) groups excluding carboxylic acids is 2. The third kappa shape index (κ3) is 3.93. The molecule has 1 aliphatic heterocycles. The smallest absolute Gasteiger partial charge is 0.251 e. The van der Waals surface area contributed by atoms with Gasteiger partial charge in [0.25, 0.3) is 5.91 Å². The average molecular weight is 381 g/mol. The zero-order valence-corrected chi connectivity index (χ0v) is 16.5. The molecule has 4 rings (SSSR count). The van der Waals surface area contributed by atoms with Crippen LogP contribution >= 0.6 is 0 Å². The van der Waals surface area contributed by atoms with E-state index >= 15 is 0 Å². The van der Waals surface area contributed by atoms with Crippen LogP contribution in [0.25, 0.3) is 11.4 Å². The molecule has 2 aromatic rings. The van der Waals surface area contributed by atoms with Gasteiger partial charge in [-0.25, -0.2) is 9.67 Å². The van der Waals surface area contributed by atoms with Crippen molar-refractivity contribution >= 4 is 11.8 Å². The molecule has 1 N–H and O–H groups in total. The lowest BCUT2D eigenvalue weighted by atomic mass is 10.0. The molecule has 0 spiro atoms. The SMILES string of the molecule is CC(C)n1ncnc1-c1cccc(C(=O)N[C@@H]2CCCN(C(=O)C3CC3)C2)c1. The molecule has 0 radical (unpaired) electrons. The molecule has 1 atom stereocenters. The van der Waals surface area contributed by atoms with Gasteiger partial charge in [0.1, 0.15) is 6.33 Å². The van der Waals surface area contributed by atoms with Gasteiger partial charge in [-0.15, -0.1) is 0 Å². The highest BCUT2D eigenvalue weighted by atomic mass is 16.2. The highest BCUT2D eigenvalue weighted by molar-refractivity contribution is 5.95. The summed E-state index contributed by atoms with van der Waals surface area (Å²) in [7, 11) is 0. The molecule has 2 fully saturated rings. The Kier molecular flexibility index (Phi) is 5.15. The Bertz CT molecular complexity index is 871. The van der Waals surface area contributed by atoms with E-state index in [0.29, 0.717) is 12.1 Å². The van der Waals surface area contributed by atoms with Gasteiger partial charge in [0.05, 0.1) is 0 Å². The van der Waals surface area contributed by atoms with Gasteiger partial charge >= 0.3 is 0 Å². The Morgan fingerprint density at radius 3 is 2.79 bits per heavy atom. The number of piperidine rings is 1. The van der Waals surface area contributed by atoms with Gasteiger partial charge in [0, 0.05) is 42.2 Å². The summed E-state index contributed by atoms with van der Waals surface area (Å²) >= 11 is 0. The van der Waals surface area contributed by atoms with Crippen molar-refractivity contribution in [1.82, 2.24) is 25.0 Å². The number of amides is 2. The van der Waals surface area contributed by atoms with Crippen LogP contribution in [0.15, 0.2) is 30.6 Å². The van der Waals surface area contributed by atoms with Crippen molar-refractivity contribution in [2.24, 2.45) is 5.92 Å². The number of nitrogens with zero attached hydrogens (tertiary/aromatic N) is 4. The topological polar surface area (TPSA) is 80.1 Å². The number of nitrogens with one attached hydrogen (secondary N) is 1. The summed E-state index contributed by atoms with van der Waals surface area (Å²) in [5.41, 5.74) is 1.47. The molecule has 28 heavy (non-hydrogen) atoms. The van der Waals surface area contributed by atoms with Gasteiger partial charge in [0.15, 0.2) is 5.82 Å². The first-order chi connectivity index (χ1) is 13.5. The number of hydrogen-bond donors (Lipinski definition) is 1. The van der Waals surface area contributed by atoms with Gasteiger partial charge in [-0.3, -0.25) is 9.59 Å². The predicted molar refractivity (Wildman–Crippen MR) is 106 cm³/mol. The third-order valence-electron chi connectivity index (χ3n) is 5.44. The number of benzene rings is 1. The number of likely N-dealkylation sites (tertiary alicyclic amines) is 1. The molecular formula is C21H27N5O2. The summed E-state index contributed by atoms with van der Waals surface area (Å²) in [4.78, 5) is 31.4. The zero-order valence-electron chi connectivity index (χ0n) is 16.5. The molecule has 148 valence electrons. The summed E-state index contributed by atoms with van der Waals surface area (Å²) in [5, 5.41) is 7.39. The van der Waals surface area contributed by atoms with E-state index < -0.39 is 0 Å². The van der Waals surface area contributed by atoms with Gasteiger partial charge in [0.2, 0.25) is 5.91 Å². The number of carbonyl (C=O) groups is 2. The van der Waals surface area contributed by atoms with Crippen LogP contribution in [0.1, 0.15) is 55.9 Å². The fourth-order valence-corrected chi connectivity index (χ4v) is 3.79. The lowest BCUT2D eigenvalue weighted by Crippen LogP contribution is -2.50. The maximum Gasteiger partial charge on any atom is 0.251 e. The van der Waals surface area contributed by atoms with E-state index in [0.717, 1.165) is 43.6 Å². The average Bonchev–Trinajstić information content (AvgIpc) is 3.43. The molecule has 2 amide bonds. The van der Waals surface area contributed by atoms with Crippen molar-refractivity contribution in [3.8, 4) is 11.4 Å². The number of hydrogen-bond acceptors (Lipinski definition) is 4. The quantitative estimate of drug-likeness (QED) is 0.863. The highest BCUT2D eigenvalue weighted by Gasteiger charge is 2.35. The van der Waals surface area contributed by atoms with E-state index in [1.54, 1.807) is 0 Å². The molecule has 1 saturated carbocycles. The second kappa shape index (κ2) is 7.73. The minimum atomic E-state index is -0.108. The lowest BCUT2D eigenvalue weighted by Gasteiger charge is -2.33. The van der Waals surface area contributed by atoms with Gasteiger partial charge < -0.3 is 10.2 Å². The van der Waals surface area contributed by atoms with Crippen LogP contribution in [-0.2, 0) is 4.79 Å². The second-order valence-corrected chi connectivity index (χ2v) is 8.07. The molecule has 1 aromatic heterocycles. The summed E-state index contributed by atoms with van der Waals surface area (Å²) < 4.78 is 1.85. The largest absolute Gasteiger partial charge is 0.348 e. The molecule has 7 nitrogen and oxygen atoms in total. The van der Waals surface area contributed by atoms with Crippen LogP contribution < -0.4 is 5.32 Å². The first-order valence-electron chi connectivity index (χ1n) is 10.1. The molecule has 1 aliphatic carbocycles. The van der Waals surface area contributed by atoms with Crippen molar-refractivity contribution in [2.75, 3.05) is 13.1 Å². The maximum absolute atomic E-state index is 12.8. The lowest BCUT2D eigenvalue weighted by molar-refractivity contribution is -0.133. The van der Waals surface area contributed by atoms with E-state index in [2.05, 4.69) is 15.4 Å². The fourth-order valence-electron chi connectivity index (χ4n) is 3.79. The molecule has 7 heteroatoms. The van der Waals surface area contributed by atoms with E-state index in [-0.39, 0.29) is 29.8 Å². The van der Waals surface area contributed by atoms with Crippen LogP contribution in [0.5, 0.6) is 0 Å². The van der Waals surface area contributed by atoms with Gasteiger partial charge in [-0.1, -0.05) is 12.1 Å². The van der Waals surface area contributed by atoms with Crippen molar-refractivity contribution in [3.05, 3.63) is 36.2 Å². The highest BCUT2D eigenvalue weighted by Crippen LogP contribution is 2.32. The van der Waals surface area contributed by atoms with E-state index in [1.165, 1.54) is 6.33 Å². The van der Waals surface area contributed by atoms with Crippen molar-refractivity contribution in [1.29, 1.82) is 0 Å². The van der Waals surface area contributed by atoms with E-state index in [1.807, 2.05) is 47.7 Å². The molecule has 0 unspecified atom stereocenters. The Balaban J connectivity index is 1.45.